The molecule has 0 aliphatic rings. The van der Waals surface area contributed by atoms with Crippen molar-refractivity contribution in [1.29, 1.82) is 0 Å². The molecule has 0 spiro atoms. The van der Waals surface area contributed by atoms with E-state index < -0.39 is 48.0 Å². The largest absolute Gasteiger partial charge is 0.122 e. The lowest BCUT2D eigenvalue weighted by atomic mass is 10.2. The Morgan fingerprint density at radius 2 is 2.33 bits per heavy atom. The van der Waals surface area contributed by atoms with E-state index >= 15 is 0 Å². The second-order valence-corrected chi connectivity index (χ2v) is 1.53. The number of alkyl halides is 1. The van der Waals surface area contributed by atoms with E-state index in [4.69, 9.17) is 23.9 Å². The highest BCUT2D eigenvalue weighted by Crippen LogP contribution is 2.04. The topological polar surface area (TPSA) is 0 Å². The van der Waals surface area contributed by atoms with E-state index in [1.165, 1.54) is 0 Å². The van der Waals surface area contributed by atoms with Crippen LogP contribution in [0.3, 0.4) is 0 Å². The number of rotatable bonds is 1. The molecule has 0 nitrogen and oxygen atoms in total. The van der Waals surface area contributed by atoms with Gasteiger partial charge in [0.1, 0.15) is 0 Å². The van der Waals surface area contributed by atoms with Crippen LogP contribution in [0.2, 0.25) is 0 Å². The van der Waals surface area contributed by atoms with Gasteiger partial charge in [0.05, 0.1) is 5.48 Å². The fourth-order valence-corrected chi connectivity index (χ4v) is 0.454. The van der Waals surface area contributed by atoms with Gasteiger partial charge in [0, 0.05) is 12.7 Å². The molecular formula is C8H9Cl. The van der Waals surface area contributed by atoms with Crippen molar-refractivity contribution in [3.8, 4) is 0 Å². The van der Waals surface area contributed by atoms with Crippen LogP contribution in [0.1, 0.15) is 23.5 Å². The van der Waals surface area contributed by atoms with Crippen LogP contribution in [0.4, 0.5) is 0 Å². The van der Waals surface area contributed by atoms with E-state index in [9.17, 15) is 0 Å². The summed E-state index contributed by atoms with van der Waals surface area (Å²) in [5.41, 5.74) is -1.39. The van der Waals surface area contributed by atoms with E-state index in [0.29, 0.717) is 0 Å². The Labute approximate surface area is 73.1 Å². The monoisotopic (exact) mass is 149 g/mol. The summed E-state index contributed by atoms with van der Waals surface area (Å²) in [5, 5.41) is 0. The van der Waals surface area contributed by atoms with Crippen LogP contribution in [0.5, 0.6) is 0 Å². The lowest BCUT2D eigenvalue weighted by Crippen LogP contribution is -1.75. The maximum absolute atomic E-state index is 7.54. The van der Waals surface area contributed by atoms with E-state index in [-0.39, 0.29) is 0 Å². The van der Waals surface area contributed by atoms with E-state index in [0.717, 1.165) is 0 Å². The van der Waals surface area contributed by atoms with Gasteiger partial charge in [-0.3, -0.25) is 0 Å². The van der Waals surface area contributed by atoms with Gasteiger partial charge < -0.3 is 0 Å². The van der Waals surface area contributed by atoms with Crippen LogP contribution in [-0.4, -0.2) is 0 Å². The molecule has 0 saturated carbocycles. The summed E-state index contributed by atoms with van der Waals surface area (Å²) in [6, 6.07) is -3.14. The van der Waals surface area contributed by atoms with E-state index in [2.05, 4.69) is 0 Å². The van der Waals surface area contributed by atoms with Gasteiger partial charge in [-0.25, -0.2) is 0 Å². The molecule has 0 N–H and O–H groups in total. The highest BCUT2D eigenvalue weighted by atomic mass is 35.5. The molecule has 48 valence electrons. The second-order valence-electron chi connectivity index (χ2n) is 1.34. The van der Waals surface area contributed by atoms with Crippen molar-refractivity contribution in [1.82, 2.24) is 0 Å². The predicted molar refractivity (Wildman–Crippen MR) is 40.7 cm³/mol. The molecule has 0 saturated heterocycles. The molecule has 1 aromatic carbocycles. The van der Waals surface area contributed by atoms with Crippen LogP contribution < -0.4 is 0 Å². The van der Waals surface area contributed by atoms with Crippen molar-refractivity contribution in [2.24, 2.45) is 0 Å². The minimum Gasteiger partial charge on any atom is -0.122 e. The van der Waals surface area contributed by atoms with E-state index in [1.807, 2.05) is 0 Å². The zero-order chi connectivity index (χ0) is 14.5. The highest BCUT2D eigenvalue weighted by Gasteiger charge is 1.86. The minimum absolute atomic E-state index is 0.660. The molecule has 9 heavy (non-hydrogen) atoms. The van der Waals surface area contributed by atoms with Crippen molar-refractivity contribution in [2.75, 3.05) is 0 Å². The van der Waals surface area contributed by atoms with Gasteiger partial charge in [0.2, 0.25) is 0 Å². The van der Waals surface area contributed by atoms with Crippen LogP contribution in [0, 0.1) is 6.85 Å². The number of hydrogen-bond acceptors (Lipinski definition) is 0. The number of halogens is 1. The smallest absolute Gasteiger partial charge is 0.0626 e. The molecule has 0 atom stereocenters. The van der Waals surface area contributed by atoms with Crippen LogP contribution in [0.25, 0.3) is 0 Å². The van der Waals surface area contributed by atoms with Crippen molar-refractivity contribution in [2.45, 2.75) is 12.7 Å². The van der Waals surface area contributed by atoms with Crippen molar-refractivity contribution >= 4 is 11.6 Å². The lowest BCUT2D eigenvalue weighted by molar-refractivity contribution is 1.36. The average Bonchev–Trinajstić information content (AvgIpc) is 2.10. The van der Waals surface area contributed by atoms with Crippen molar-refractivity contribution < 1.29 is 12.3 Å². The SMILES string of the molecule is [2H]c1c([2H])c(C([2H])([2H])Cl)c([2H])c([2H])c1C([2H])([2H])[2H]. The summed E-state index contributed by atoms with van der Waals surface area (Å²) >= 11 is 5.37. The molecular weight excluding hydrogens is 132 g/mol. The van der Waals surface area contributed by atoms with Gasteiger partial charge in [-0.1, -0.05) is 29.7 Å². The molecule has 0 aromatic heterocycles. The third-order valence-corrected chi connectivity index (χ3v) is 0.908. The summed E-state index contributed by atoms with van der Waals surface area (Å²) in [4.78, 5) is 0. The summed E-state index contributed by atoms with van der Waals surface area (Å²) < 4.78 is 66.2. The second kappa shape index (κ2) is 2.88. The van der Waals surface area contributed by atoms with Gasteiger partial charge in [-0.2, -0.15) is 0 Å². The third kappa shape index (κ3) is 1.72. The molecule has 0 heterocycles. The highest BCUT2D eigenvalue weighted by molar-refractivity contribution is 6.17. The Kier molecular flexibility index (Phi) is 0.501. The first-order valence-electron chi connectivity index (χ1n) is 6.69. The first kappa shape index (κ1) is 1.57. The maximum atomic E-state index is 7.54. The Hall–Kier alpha value is -0.490. The van der Waals surface area contributed by atoms with E-state index in [1.54, 1.807) is 0 Å². The standard InChI is InChI=1S/C8H9Cl/c1-7-2-4-8(6-9)5-3-7/h2-5H,6H2,1H3/i1D3,2D,3D,4D,5D,6D2. The van der Waals surface area contributed by atoms with Crippen LogP contribution >= 0.6 is 11.6 Å². The quantitative estimate of drug-likeness (QED) is 0.539. The normalized spacial score (nSPS) is 27.0. The molecule has 0 aliphatic heterocycles. The first-order valence-corrected chi connectivity index (χ1v) is 2.57. The molecule has 1 heteroatoms. The molecule has 0 aliphatic carbocycles. The molecule has 0 amide bonds. The average molecular weight is 150 g/mol. The molecule has 0 unspecified atom stereocenters. The number of benzene rings is 1. The first-order chi connectivity index (χ1) is 7.89. The van der Waals surface area contributed by atoms with Gasteiger partial charge in [0.15, 0.2) is 0 Å². The molecule has 1 rings (SSSR count). The van der Waals surface area contributed by atoms with Crippen LogP contribution in [0.15, 0.2) is 24.2 Å². The fourth-order valence-electron chi connectivity index (χ4n) is 0.360. The Bertz CT molecular complexity index is 411. The summed E-state index contributed by atoms with van der Waals surface area (Å²) in [5.74, 6) is -2.60. The van der Waals surface area contributed by atoms with Crippen molar-refractivity contribution in [3.05, 3.63) is 35.3 Å². The summed E-state index contributed by atoms with van der Waals surface area (Å²) in [7, 11) is 0. The minimum atomic E-state index is -2.81. The number of hydrogen-bond donors (Lipinski definition) is 0. The molecule has 0 fully saturated rings. The van der Waals surface area contributed by atoms with Crippen molar-refractivity contribution in [3.63, 3.8) is 0 Å². The summed E-state index contributed by atoms with van der Waals surface area (Å²) in [6.07, 6.45) is 0. The zero-order valence-electron chi connectivity index (χ0n) is 13.4. The Morgan fingerprint density at radius 3 is 2.78 bits per heavy atom. The predicted octanol–water partition coefficient (Wildman–Crippen LogP) is 2.73. The molecule has 1 aromatic rings. The maximum Gasteiger partial charge on any atom is 0.0626 e. The fraction of sp³-hybridized carbons (Fsp3) is 0.250. The summed E-state index contributed by atoms with van der Waals surface area (Å²) in [6.45, 7) is -2.81. The Balaban J connectivity index is 3.79. The van der Waals surface area contributed by atoms with Gasteiger partial charge in [0.25, 0.3) is 0 Å². The molecule has 0 bridgehead atoms. The van der Waals surface area contributed by atoms with Crippen LogP contribution in [-0.2, 0) is 5.83 Å². The van der Waals surface area contributed by atoms with Gasteiger partial charge >= 0.3 is 0 Å². The Morgan fingerprint density at radius 1 is 1.67 bits per heavy atom. The third-order valence-electron chi connectivity index (χ3n) is 0.719. The molecule has 0 radical (unpaired) electrons. The van der Waals surface area contributed by atoms with Gasteiger partial charge in [-0.05, 0) is 12.4 Å². The zero-order valence-corrected chi connectivity index (χ0v) is 5.13. The lowest BCUT2D eigenvalue weighted by Gasteiger charge is -1.93. The van der Waals surface area contributed by atoms with Gasteiger partial charge in [-0.15, -0.1) is 11.6 Å².